The molecule has 1 aliphatic carbocycles. The molecular formula is C20H24N2O2. The van der Waals surface area contributed by atoms with Gasteiger partial charge in [0.05, 0.1) is 6.61 Å². The van der Waals surface area contributed by atoms with Crippen LogP contribution in [-0.2, 0) is 17.6 Å². The lowest BCUT2D eigenvalue weighted by molar-refractivity contribution is -0.116. The number of fused-ring (bicyclic) bond motifs is 1. The monoisotopic (exact) mass is 324 g/mol. The van der Waals surface area contributed by atoms with Crippen LogP contribution in [0.3, 0.4) is 0 Å². The predicted octanol–water partition coefficient (Wildman–Crippen LogP) is 4.01. The molecule has 0 saturated heterocycles. The predicted molar refractivity (Wildman–Crippen MR) is 97.8 cm³/mol. The highest BCUT2D eigenvalue weighted by Gasteiger charge is 2.15. The molecular weight excluding hydrogens is 300 g/mol. The number of hydrogen-bond donors (Lipinski definition) is 2. The first kappa shape index (κ1) is 16.4. The number of anilines is 2. The Morgan fingerprint density at radius 2 is 1.79 bits per heavy atom. The summed E-state index contributed by atoms with van der Waals surface area (Å²) in [5, 5.41) is 6.21. The van der Waals surface area contributed by atoms with Gasteiger partial charge in [-0.25, -0.2) is 0 Å². The smallest absolute Gasteiger partial charge is 0.246 e. The number of aryl methyl sites for hydroxylation is 2. The van der Waals surface area contributed by atoms with Gasteiger partial charge in [-0.1, -0.05) is 6.07 Å². The average molecular weight is 324 g/mol. The van der Waals surface area contributed by atoms with Crippen molar-refractivity contribution in [1.29, 1.82) is 0 Å². The zero-order chi connectivity index (χ0) is 16.9. The summed E-state index contributed by atoms with van der Waals surface area (Å²) in [4.78, 5) is 12.4. The molecule has 0 aromatic heterocycles. The molecule has 0 unspecified atom stereocenters. The van der Waals surface area contributed by atoms with Crippen molar-refractivity contribution in [3.63, 3.8) is 0 Å². The van der Waals surface area contributed by atoms with Gasteiger partial charge in [0.2, 0.25) is 5.91 Å². The van der Waals surface area contributed by atoms with Gasteiger partial charge in [-0.15, -0.1) is 0 Å². The number of carbonyl (C=O) groups is 1. The molecule has 2 aromatic rings. The zero-order valence-corrected chi connectivity index (χ0v) is 14.3. The van der Waals surface area contributed by atoms with E-state index in [0.717, 1.165) is 23.5 Å². The van der Waals surface area contributed by atoms with E-state index in [-0.39, 0.29) is 11.9 Å². The second kappa shape index (κ2) is 7.39. The first-order valence-corrected chi connectivity index (χ1v) is 8.58. The first-order valence-electron chi connectivity index (χ1n) is 8.58. The second-order valence-corrected chi connectivity index (χ2v) is 6.15. The van der Waals surface area contributed by atoms with Crippen LogP contribution in [0.5, 0.6) is 5.75 Å². The highest BCUT2D eigenvalue weighted by atomic mass is 16.5. The van der Waals surface area contributed by atoms with Crippen LogP contribution in [0.25, 0.3) is 0 Å². The van der Waals surface area contributed by atoms with E-state index in [1.165, 1.54) is 24.0 Å². The fourth-order valence-corrected chi connectivity index (χ4v) is 3.03. The van der Waals surface area contributed by atoms with Gasteiger partial charge in [0.15, 0.2) is 0 Å². The topological polar surface area (TPSA) is 50.4 Å². The van der Waals surface area contributed by atoms with Crippen molar-refractivity contribution in [3.05, 3.63) is 53.6 Å². The molecule has 4 nitrogen and oxygen atoms in total. The summed E-state index contributed by atoms with van der Waals surface area (Å²) in [6.07, 6.45) is 3.54. The third-order valence-corrected chi connectivity index (χ3v) is 4.31. The summed E-state index contributed by atoms with van der Waals surface area (Å²) >= 11 is 0. The lowest BCUT2D eigenvalue weighted by Crippen LogP contribution is -2.31. The lowest BCUT2D eigenvalue weighted by Gasteiger charge is -2.16. The molecule has 0 radical (unpaired) electrons. The van der Waals surface area contributed by atoms with Gasteiger partial charge in [-0.3, -0.25) is 4.79 Å². The molecule has 0 fully saturated rings. The number of amides is 1. The van der Waals surface area contributed by atoms with E-state index in [1.54, 1.807) is 0 Å². The summed E-state index contributed by atoms with van der Waals surface area (Å²) in [7, 11) is 0. The molecule has 126 valence electrons. The van der Waals surface area contributed by atoms with E-state index in [0.29, 0.717) is 6.61 Å². The molecule has 1 aliphatic rings. The maximum absolute atomic E-state index is 12.4. The van der Waals surface area contributed by atoms with E-state index in [9.17, 15) is 4.79 Å². The maximum Gasteiger partial charge on any atom is 0.246 e. The molecule has 3 rings (SSSR count). The van der Waals surface area contributed by atoms with Crippen LogP contribution < -0.4 is 15.4 Å². The summed E-state index contributed by atoms with van der Waals surface area (Å²) in [6, 6.07) is 13.5. The van der Waals surface area contributed by atoms with Gasteiger partial charge in [-0.05, 0) is 80.6 Å². The van der Waals surface area contributed by atoms with Crippen molar-refractivity contribution in [2.75, 3.05) is 17.2 Å². The van der Waals surface area contributed by atoms with E-state index < -0.39 is 0 Å². The highest BCUT2D eigenvalue weighted by Crippen LogP contribution is 2.25. The lowest BCUT2D eigenvalue weighted by atomic mass is 10.1. The van der Waals surface area contributed by atoms with Crippen molar-refractivity contribution in [2.45, 2.75) is 39.2 Å². The second-order valence-electron chi connectivity index (χ2n) is 6.15. The average Bonchev–Trinajstić information content (AvgIpc) is 3.04. The Hall–Kier alpha value is -2.49. The van der Waals surface area contributed by atoms with E-state index in [2.05, 4.69) is 28.8 Å². The van der Waals surface area contributed by atoms with Gasteiger partial charge >= 0.3 is 0 Å². The fraction of sp³-hybridized carbons (Fsp3) is 0.350. The van der Waals surface area contributed by atoms with Crippen LogP contribution >= 0.6 is 0 Å². The summed E-state index contributed by atoms with van der Waals surface area (Å²) in [6.45, 7) is 4.45. The number of nitrogens with one attached hydrogen (secondary N) is 2. The molecule has 0 spiro atoms. The molecule has 2 aromatic carbocycles. The van der Waals surface area contributed by atoms with Gasteiger partial charge in [0.25, 0.3) is 0 Å². The Bertz CT molecular complexity index is 710. The molecule has 24 heavy (non-hydrogen) atoms. The molecule has 1 atom stereocenters. The Morgan fingerprint density at radius 1 is 1.08 bits per heavy atom. The molecule has 0 saturated carbocycles. The fourth-order valence-electron chi connectivity index (χ4n) is 3.03. The Labute approximate surface area is 143 Å². The molecule has 4 heteroatoms. The van der Waals surface area contributed by atoms with Crippen LogP contribution in [0, 0.1) is 0 Å². The number of ether oxygens (including phenoxy) is 1. The molecule has 0 heterocycles. The standard InChI is InChI=1S/C20H24N2O2/c1-3-24-19-11-9-17(10-12-19)22-20(23)14(2)21-18-8-7-15-5-4-6-16(15)13-18/h7-14,21H,3-6H2,1-2H3,(H,22,23)/t14-/m0/s1. The van der Waals surface area contributed by atoms with Crippen molar-refractivity contribution in [2.24, 2.45) is 0 Å². The summed E-state index contributed by atoms with van der Waals surface area (Å²) < 4.78 is 5.40. The minimum Gasteiger partial charge on any atom is -0.494 e. The quantitative estimate of drug-likeness (QED) is 0.844. The number of hydrogen-bond acceptors (Lipinski definition) is 3. The minimum atomic E-state index is -0.309. The van der Waals surface area contributed by atoms with E-state index in [4.69, 9.17) is 4.74 Å². The van der Waals surface area contributed by atoms with Crippen molar-refractivity contribution < 1.29 is 9.53 Å². The van der Waals surface area contributed by atoms with E-state index in [1.807, 2.05) is 38.1 Å². The van der Waals surface area contributed by atoms with Crippen LogP contribution in [0.2, 0.25) is 0 Å². The Balaban J connectivity index is 1.58. The van der Waals surface area contributed by atoms with Crippen molar-refractivity contribution in [1.82, 2.24) is 0 Å². The van der Waals surface area contributed by atoms with Crippen molar-refractivity contribution >= 4 is 17.3 Å². The van der Waals surface area contributed by atoms with Gasteiger partial charge in [0, 0.05) is 11.4 Å². The molecule has 0 bridgehead atoms. The Kier molecular flexibility index (Phi) is 5.04. The zero-order valence-electron chi connectivity index (χ0n) is 14.3. The third kappa shape index (κ3) is 3.88. The molecule has 1 amide bonds. The van der Waals surface area contributed by atoms with Crippen LogP contribution in [0.15, 0.2) is 42.5 Å². The minimum absolute atomic E-state index is 0.0559. The highest BCUT2D eigenvalue weighted by molar-refractivity contribution is 5.96. The van der Waals surface area contributed by atoms with E-state index >= 15 is 0 Å². The first-order chi connectivity index (χ1) is 11.7. The normalized spacial score (nSPS) is 13.9. The van der Waals surface area contributed by atoms with Crippen molar-refractivity contribution in [3.8, 4) is 5.75 Å². The largest absolute Gasteiger partial charge is 0.494 e. The van der Waals surface area contributed by atoms with Crippen LogP contribution in [-0.4, -0.2) is 18.6 Å². The Morgan fingerprint density at radius 3 is 2.54 bits per heavy atom. The summed E-state index contributed by atoms with van der Waals surface area (Å²) in [5.41, 5.74) is 4.61. The summed E-state index contributed by atoms with van der Waals surface area (Å²) in [5.74, 6) is 0.750. The number of benzene rings is 2. The van der Waals surface area contributed by atoms with Gasteiger partial charge in [0.1, 0.15) is 11.8 Å². The molecule has 2 N–H and O–H groups in total. The SMILES string of the molecule is CCOc1ccc(NC(=O)[C@H](C)Nc2ccc3c(c2)CCC3)cc1. The van der Waals surface area contributed by atoms with Crippen LogP contribution in [0.1, 0.15) is 31.4 Å². The third-order valence-electron chi connectivity index (χ3n) is 4.31. The van der Waals surface area contributed by atoms with Crippen LogP contribution in [0.4, 0.5) is 11.4 Å². The number of carbonyl (C=O) groups excluding carboxylic acids is 1. The van der Waals surface area contributed by atoms with Gasteiger partial charge in [-0.2, -0.15) is 0 Å². The maximum atomic E-state index is 12.4. The molecule has 0 aliphatic heterocycles. The number of rotatable bonds is 6. The van der Waals surface area contributed by atoms with Gasteiger partial charge < -0.3 is 15.4 Å².